The fourth-order valence-electron chi connectivity index (χ4n) is 6.51. The third-order valence-corrected chi connectivity index (χ3v) is 8.24. The van der Waals surface area contributed by atoms with Crippen molar-refractivity contribution in [2.24, 2.45) is 0 Å². The Morgan fingerprint density at radius 1 is 0.200 bits per heavy atom. The van der Waals surface area contributed by atoms with Gasteiger partial charge in [-0.25, -0.2) is 0 Å². The SMILES string of the molecule is c1ccc(-c2ccc(-c3ccccc3)c3c2-c2ccc(-c4ccccc4)c4c(-c5ccccc5)ccc-3c24)cc1. The van der Waals surface area contributed by atoms with E-state index in [0.717, 1.165) is 0 Å². The van der Waals surface area contributed by atoms with Crippen LogP contribution in [0.5, 0.6) is 0 Å². The summed E-state index contributed by atoms with van der Waals surface area (Å²) in [7, 11) is 0. The van der Waals surface area contributed by atoms with Gasteiger partial charge in [0.15, 0.2) is 0 Å². The summed E-state index contributed by atoms with van der Waals surface area (Å²) < 4.78 is 0. The van der Waals surface area contributed by atoms with Gasteiger partial charge < -0.3 is 0 Å². The molecule has 186 valence electrons. The maximum absolute atomic E-state index is 2.36. The molecule has 0 bridgehead atoms. The molecule has 0 heterocycles. The highest BCUT2D eigenvalue weighted by Crippen LogP contribution is 2.57. The quantitative estimate of drug-likeness (QED) is 0.223. The molecule has 0 spiro atoms. The Morgan fingerprint density at radius 2 is 0.450 bits per heavy atom. The summed E-state index contributed by atoms with van der Waals surface area (Å²) in [5.41, 5.74) is 15.4. The second-order valence-corrected chi connectivity index (χ2v) is 10.4. The van der Waals surface area contributed by atoms with Crippen molar-refractivity contribution < 1.29 is 0 Å². The van der Waals surface area contributed by atoms with E-state index < -0.39 is 0 Å². The van der Waals surface area contributed by atoms with Gasteiger partial charge in [0.05, 0.1) is 0 Å². The predicted molar refractivity (Wildman–Crippen MR) is 170 cm³/mol. The van der Waals surface area contributed by atoms with E-state index in [0.29, 0.717) is 0 Å². The monoisotopic (exact) mass is 506 g/mol. The molecule has 0 saturated carbocycles. The van der Waals surface area contributed by atoms with Crippen molar-refractivity contribution in [2.75, 3.05) is 0 Å². The van der Waals surface area contributed by atoms with Gasteiger partial charge in [-0.2, -0.15) is 0 Å². The average Bonchev–Trinajstić information content (AvgIpc) is 3.38. The molecule has 0 N–H and O–H groups in total. The first-order chi connectivity index (χ1) is 19.9. The molecule has 40 heavy (non-hydrogen) atoms. The molecule has 0 nitrogen and oxygen atoms in total. The van der Waals surface area contributed by atoms with Crippen LogP contribution in [0.25, 0.3) is 77.5 Å². The lowest BCUT2D eigenvalue weighted by Gasteiger charge is -2.15. The number of benzene rings is 7. The molecule has 7 aromatic rings. The Kier molecular flexibility index (Phi) is 5.24. The summed E-state index contributed by atoms with van der Waals surface area (Å²) in [6.07, 6.45) is 0. The predicted octanol–water partition coefficient (Wildman–Crippen LogP) is 11.2. The molecule has 0 heteroatoms. The van der Waals surface area contributed by atoms with E-state index in [1.165, 1.54) is 77.5 Å². The van der Waals surface area contributed by atoms with E-state index in [1.807, 2.05) is 0 Å². The van der Waals surface area contributed by atoms with Crippen molar-refractivity contribution in [3.05, 3.63) is 158 Å². The fraction of sp³-hybridized carbons (Fsp3) is 0. The smallest absolute Gasteiger partial charge is 0.00134 e. The highest BCUT2D eigenvalue weighted by Gasteiger charge is 2.29. The molecule has 0 aliphatic heterocycles. The van der Waals surface area contributed by atoms with Gasteiger partial charge in [0.2, 0.25) is 0 Å². The third-order valence-electron chi connectivity index (χ3n) is 8.24. The minimum absolute atomic E-state index is 1.24. The van der Waals surface area contributed by atoms with Crippen LogP contribution < -0.4 is 0 Å². The molecule has 8 rings (SSSR count). The molecule has 0 fully saturated rings. The van der Waals surface area contributed by atoms with Crippen LogP contribution >= 0.6 is 0 Å². The van der Waals surface area contributed by atoms with E-state index in [1.54, 1.807) is 0 Å². The largest absolute Gasteiger partial charge is 0.0622 e. The summed E-state index contributed by atoms with van der Waals surface area (Å²) in [4.78, 5) is 0. The molecule has 1 aliphatic rings. The second kappa shape index (κ2) is 9.22. The van der Waals surface area contributed by atoms with Crippen molar-refractivity contribution in [3.8, 4) is 66.8 Å². The minimum Gasteiger partial charge on any atom is -0.0622 e. The van der Waals surface area contributed by atoms with Gasteiger partial charge in [0.1, 0.15) is 0 Å². The van der Waals surface area contributed by atoms with Crippen LogP contribution in [0.15, 0.2) is 158 Å². The Bertz CT molecular complexity index is 1860. The standard InChI is InChI=1S/C40H26/c1-5-13-27(14-6-1)31-23-25-35-38-33(29-17-9-3-10-18-29)21-22-34(30-19-11-4-12-20-30)39(38)36-26-24-32(37(31)40(35)36)28-15-7-2-8-16-28/h1-26H. The molecule has 0 amide bonds. The Hall–Kier alpha value is -5.20. The van der Waals surface area contributed by atoms with Gasteiger partial charge >= 0.3 is 0 Å². The second-order valence-electron chi connectivity index (χ2n) is 10.4. The number of hydrogen-bond acceptors (Lipinski definition) is 0. The highest BCUT2D eigenvalue weighted by molar-refractivity contribution is 6.26. The van der Waals surface area contributed by atoms with Crippen LogP contribution in [0.2, 0.25) is 0 Å². The molecular formula is C40H26. The normalized spacial score (nSPS) is 11.5. The summed E-state index contributed by atoms with van der Waals surface area (Å²) in [5, 5.41) is 2.67. The van der Waals surface area contributed by atoms with Crippen molar-refractivity contribution >= 4 is 10.8 Å². The van der Waals surface area contributed by atoms with E-state index in [2.05, 4.69) is 158 Å². The van der Waals surface area contributed by atoms with Crippen LogP contribution in [0.3, 0.4) is 0 Å². The van der Waals surface area contributed by atoms with E-state index in [4.69, 9.17) is 0 Å². The first-order valence-corrected chi connectivity index (χ1v) is 13.9. The van der Waals surface area contributed by atoms with Crippen molar-refractivity contribution in [1.29, 1.82) is 0 Å². The van der Waals surface area contributed by atoms with E-state index >= 15 is 0 Å². The van der Waals surface area contributed by atoms with Gasteiger partial charge in [-0.1, -0.05) is 158 Å². The Labute approximate surface area is 234 Å². The maximum atomic E-state index is 2.36. The zero-order valence-corrected chi connectivity index (χ0v) is 22.0. The van der Waals surface area contributed by atoms with Crippen LogP contribution in [-0.2, 0) is 0 Å². The first-order valence-electron chi connectivity index (χ1n) is 13.9. The summed E-state index contributed by atoms with van der Waals surface area (Å²) in [5.74, 6) is 0. The molecule has 0 aromatic heterocycles. The first kappa shape index (κ1) is 22.8. The number of hydrogen-bond donors (Lipinski definition) is 0. The zero-order valence-electron chi connectivity index (χ0n) is 22.0. The number of rotatable bonds is 4. The summed E-state index contributed by atoms with van der Waals surface area (Å²) in [6, 6.07) is 57.3. The zero-order chi connectivity index (χ0) is 26.5. The fourth-order valence-corrected chi connectivity index (χ4v) is 6.51. The van der Waals surface area contributed by atoms with Crippen LogP contribution in [-0.4, -0.2) is 0 Å². The molecule has 0 radical (unpaired) electrons. The maximum Gasteiger partial charge on any atom is -0.00134 e. The number of fused-ring (bicyclic) bond motifs is 3. The molecule has 0 atom stereocenters. The van der Waals surface area contributed by atoms with Gasteiger partial charge in [-0.3, -0.25) is 0 Å². The summed E-state index contributed by atoms with van der Waals surface area (Å²) in [6.45, 7) is 0. The molecule has 1 aliphatic carbocycles. The van der Waals surface area contributed by atoms with Crippen molar-refractivity contribution in [2.45, 2.75) is 0 Å². The molecule has 7 aromatic carbocycles. The lowest BCUT2D eigenvalue weighted by molar-refractivity contribution is 1.59. The van der Waals surface area contributed by atoms with E-state index in [-0.39, 0.29) is 0 Å². The Balaban J connectivity index is 1.53. The lowest BCUT2D eigenvalue weighted by atomic mass is 9.88. The average molecular weight is 507 g/mol. The van der Waals surface area contributed by atoms with Crippen LogP contribution in [0, 0.1) is 0 Å². The van der Waals surface area contributed by atoms with Crippen molar-refractivity contribution in [1.82, 2.24) is 0 Å². The topological polar surface area (TPSA) is 0 Å². The van der Waals surface area contributed by atoms with Gasteiger partial charge in [0.25, 0.3) is 0 Å². The highest BCUT2D eigenvalue weighted by atomic mass is 14.3. The molecular weight excluding hydrogens is 480 g/mol. The van der Waals surface area contributed by atoms with Gasteiger partial charge in [-0.15, -0.1) is 0 Å². The van der Waals surface area contributed by atoms with Gasteiger partial charge in [0, 0.05) is 0 Å². The molecule has 0 unspecified atom stereocenters. The minimum atomic E-state index is 1.24. The molecule has 0 saturated heterocycles. The van der Waals surface area contributed by atoms with Crippen LogP contribution in [0.1, 0.15) is 0 Å². The van der Waals surface area contributed by atoms with E-state index in [9.17, 15) is 0 Å². The van der Waals surface area contributed by atoms with Crippen molar-refractivity contribution in [3.63, 3.8) is 0 Å². The Morgan fingerprint density at radius 3 is 0.800 bits per heavy atom. The summed E-state index contributed by atoms with van der Waals surface area (Å²) >= 11 is 0. The van der Waals surface area contributed by atoms with Crippen LogP contribution in [0.4, 0.5) is 0 Å². The third kappa shape index (κ3) is 3.47. The van der Waals surface area contributed by atoms with Gasteiger partial charge in [-0.05, 0) is 77.5 Å². The lowest BCUT2D eigenvalue weighted by Crippen LogP contribution is -1.89.